The average molecular weight is 230 g/mol. The Labute approximate surface area is 96.6 Å². The molecule has 2 unspecified atom stereocenters. The Balaban J connectivity index is 3.71. The predicted molar refractivity (Wildman–Crippen MR) is 62.2 cm³/mol. The number of nitrogens with one attached hydrogen (secondary N) is 2. The molecular weight excluding hydrogens is 208 g/mol. The molecule has 0 radical (unpaired) electrons. The smallest absolute Gasteiger partial charge is 0.314 e. The van der Waals surface area contributed by atoms with Gasteiger partial charge in [-0.1, -0.05) is 27.7 Å². The quantitative estimate of drug-likeness (QED) is 0.643. The molecule has 0 aliphatic carbocycles. The third-order valence-electron chi connectivity index (χ3n) is 2.71. The van der Waals surface area contributed by atoms with Crippen LogP contribution in [0.4, 0.5) is 4.79 Å². The third-order valence-corrected chi connectivity index (χ3v) is 2.71. The van der Waals surface area contributed by atoms with Crippen LogP contribution in [-0.4, -0.2) is 30.2 Å². The van der Waals surface area contributed by atoms with Crippen LogP contribution in [0.3, 0.4) is 0 Å². The number of rotatable bonds is 6. The molecule has 0 aromatic carbocycles. The fourth-order valence-electron chi connectivity index (χ4n) is 0.885. The number of hydrogen-bond acceptors (Lipinski definition) is 2. The average Bonchev–Trinajstić information content (AvgIpc) is 2.21. The van der Waals surface area contributed by atoms with Crippen LogP contribution in [0.1, 0.15) is 27.7 Å². The molecule has 0 aliphatic heterocycles. The van der Waals surface area contributed by atoms with Gasteiger partial charge in [0.05, 0.1) is 5.92 Å². The van der Waals surface area contributed by atoms with Gasteiger partial charge in [0, 0.05) is 13.1 Å². The fraction of sp³-hybridized carbons (Fsp3) is 0.818. The van der Waals surface area contributed by atoms with E-state index >= 15 is 0 Å². The first-order valence-corrected chi connectivity index (χ1v) is 5.59. The molecule has 2 atom stereocenters. The minimum Gasteiger partial charge on any atom is -0.481 e. The summed E-state index contributed by atoms with van der Waals surface area (Å²) >= 11 is 0. The predicted octanol–water partition coefficient (Wildman–Crippen LogP) is 1.30. The van der Waals surface area contributed by atoms with Crippen LogP contribution in [0, 0.1) is 17.8 Å². The number of carbonyl (C=O) groups is 2. The summed E-state index contributed by atoms with van der Waals surface area (Å²) in [5, 5.41) is 13.9. The van der Waals surface area contributed by atoms with Crippen LogP contribution in [0.5, 0.6) is 0 Å². The highest BCUT2D eigenvalue weighted by atomic mass is 16.4. The summed E-state index contributed by atoms with van der Waals surface area (Å²) in [7, 11) is 0. The van der Waals surface area contributed by atoms with Gasteiger partial charge in [-0.15, -0.1) is 0 Å². The molecule has 0 saturated heterocycles. The van der Waals surface area contributed by atoms with Gasteiger partial charge in [0.25, 0.3) is 0 Å². The van der Waals surface area contributed by atoms with Crippen molar-refractivity contribution in [1.82, 2.24) is 10.6 Å². The number of hydrogen-bond donors (Lipinski definition) is 3. The number of carboxylic acid groups (broad SMARTS) is 1. The molecule has 0 bridgehead atoms. The van der Waals surface area contributed by atoms with Crippen LogP contribution in [0.25, 0.3) is 0 Å². The van der Waals surface area contributed by atoms with Crippen molar-refractivity contribution >= 4 is 12.0 Å². The van der Waals surface area contributed by atoms with E-state index in [0.717, 1.165) is 0 Å². The van der Waals surface area contributed by atoms with Crippen molar-refractivity contribution in [2.75, 3.05) is 13.1 Å². The maximum absolute atomic E-state index is 11.3. The fourth-order valence-corrected chi connectivity index (χ4v) is 0.885. The zero-order chi connectivity index (χ0) is 12.7. The molecule has 0 rings (SSSR count). The van der Waals surface area contributed by atoms with Crippen molar-refractivity contribution in [2.24, 2.45) is 17.8 Å². The highest BCUT2D eigenvalue weighted by Crippen LogP contribution is 2.07. The zero-order valence-corrected chi connectivity index (χ0v) is 10.4. The van der Waals surface area contributed by atoms with Gasteiger partial charge in [0.2, 0.25) is 0 Å². The topological polar surface area (TPSA) is 78.4 Å². The van der Waals surface area contributed by atoms with E-state index in [9.17, 15) is 9.59 Å². The number of carbonyl (C=O) groups excluding carboxylic acids is 1. The molecule has 5 heteroatoms. The molecule has 0 aromatic rings. The first kappa shape index (κ1) is 14.7. The third kappa shape index (κ3) is 6.27. The number of amides is 2. The molecule has 0 spiro atoms. The summed E-state index contributed by atoms with van der Waals surface area (Å²) in [5.41, 5.74) is 0. The lowest BCUT2D eigenvalue weighted by Crippen LogP contribution is -2.41. The molecular formula is C11H22N2O3. The molecule has 0 heterocycles. The highest BCUT2D eigenvalue weighted by molar-refractivity contribution is 5.75. The molecule has 0 aromatic heterocycles. The van der Waals surface area contributed by atoms with Gasteiger partial charge in [0.15, 0.2) is 0 Å². The van der Waals surface area contributed by atoms with Gasteiger partial charge < -0.3 is 15.7 Å². The molecule has 5 nitrogen and oxygen atoms in total. The van der Waals surface area contributed by atoms with Crippen LogP contribution in [0.15, 0.2) is 0 Å². The molecule has 2 amide bonds. The second kappa shape index (κ2) is 7.09. The van der Waals surface area contributed by atoms with Gasteiger partial charge in [-0.3, -0.25) is 4.79 Å². The van der Waals surface area contributed by atoms with E-state index in [0.29, 0.717) is 18.4 Å². The van der Waals surface area contributed by atoms with Gasteiger partial charge >= 0.3 is 12.0 Å². The summed E-state index contributed by atoms with van der Waals surface area (Å²) in [6.07, 6.45) is 0. The van der Waals surface area contributed by atoms with E-state index in [-0.39, 0.29) is 12.6 Å². The van der Waals surface area contributed by atoms with Crippen molar-refractivity contribution in [3.05, 3.63) is 0 Å². The lowest BCUT2D eigenvalue weighted by atomic mass is 9.98. The van der Waals surface area contributed by atoms with E-state index in [1.165, 1.54) is 0 Å². The number of carboxylic acids is 1. The van der Waals surface area contributed by atoms with Gasteiger partial charge in [0.1, 0.15) is 0 Å². The van der Waals surface area contributed by atoms with Crippen molar-refractivity contribution in [3.63, 3.8) is 0 Å². The Kier molecular flexibility index (Phi) is 6.53. The van der Waals surface area contributed by atoms with Crippen molar-refractivity contribution in [2.45, 2.75) is 27.7 Å². The second-order valence-electron chi connectivity index (χ2n) is 4.55. The van der Waals surface area contributed by atoms with Gasteiger partial charge in [-0.05, 0) is 11.8 Å². The maximum Gasteiger partial charge on any atom is 0.314 e. The van der Waals surface area contributed by atoms with E-state index in [1.807, 2.05) is 0 Å². The largest absolute Gasteiger partial charge is 0.481 e. The van der Waals surface area contributed by atoms with Gasteiger partial charge in [-0.25, -0.2) is 4.79 Å². The minimum absolute atomic E-state index is 0.150. The first-order valence-electron chi connectivity index (χ1n) is 5.59. The number of urea groups is 1. The highest BCUT2D eigenvalue weighted by Gasteiger charge is 2.13. The molecule has 0 saturated carbocycles. The zero-order valence-electron chi connectivity index (χ0n) is 10.4. The van der Waals surface area contributed by atoms with Crippen LogP contribution < -0.4 is 10.6 Å². The summed E-state index contributed by atoms with van der Waals surface area (Å²) < 4.78 is 0. The summed E-state index contributed by atoms with van der Waals surface area (Å²) in [5.74, 6) is -0.551. The monoisotopic (exact) mass is 230 g/mol. The Morgan fingerprint density at radius 3 is 2.00 bits per heavy atom. The van der Waals surface area contributed by atoms with E-state index in [4.69, 9.17) is 5.11 Å². The summed E-state index contributed by atoms with van der Waals surface area (Å²) in [6.45, 7) is 8.56. The molecule has 94 valence electrons. The van der Waals surface area contributed by atoms with Crippen molar-refractivity contribution < 1.29 is 14.7 Å². The van der Waals surface area contributed by atoms with Crippen LogP contribution in [-0.2, 0) is 4.79 Å². The molecule has 0 aliphatic rings. The Morgan fingerprint density at radius 2 is 1.56 bits per heavy atom. The van der Waals surface area contributed by atoms with Crippen LogP contribution in [0.2, 0.25) is 0 Å². The SMILES string of the molecule is CC(CNC(=O)NCC(C)C(C)C)C(=O)O. The van der Waals surface area contributed by atoms with Crippen molar-refractivity contribution in [1.29, 1.82) is 0 Å². The normalized spacial score (nSPS) is 14.3. The molecule has 16 heavy (non-hydrogen) atoms. The van der Waals surface area contributed by atoms with Crippen molar-refractivity contribution in [3.8, 4) is 0 Å². The summed E-state index contributed by atoms with van der Waals surface area (Å²) in [6, 6.07) is -0.305. The standard InChI is InChI=1S/C11H22N2O3/c1-7(2)8(3)5-12-11(16)13-6-9(4)10(14)15/h7-9H,5-6H2,1-4H3,(H,14,15)(H2,12,13,16). The van der Waals surface area contributed by atoms with E-state index < -0.39 is 11.9 Å². The Morgan fingerprint density at radius 1 is 1.06 bits per heavy atom. The first-order chi connectivity index (χ1) is 7.34. The van der Waals surface area contributed by atoms with E-state index in [1.54, 1.807) is 6.92 Å². The van der Waals surface area contributed by atoms with Crippen LogP contribution >= 0.6 is 0 Å². The van der Waals surface area contributed by atoms with E-state index in [2.05, 4.69) is 31.4 Å². The summed E-state index contributed by atoms with van der Waals surface area (Å²) in [4.78, 5) is 21.8. The van der Waals surface area contributed by atoms with Gasteiger partial charge in [-0.2, -0.15) is 0 Å². The Hall–Kier alpha value is -1.26. The molecule has 0 fully saturated rings. The molecule has 3 N–H and O–H groups in total. The Bertz CT molecular complexity index is 241. The lowest BCUT2D eigenvalue weighted by Gasteiger charge is -2.16. The minimum atomic E-state index is -0.907. The second-order valence-corrected chi connectivity index (χ2v) is 4.55. The lowest BCUT2D eigenvalue weighted by molar-refractivity contribution is -0.140. The maximum atomic E-state index is 11.3. The number of aliphatic carboxylic acids is 1.